The van der Waals surface area contributed by atoms with Gasteiger partial charge in [0.25, 0.3) is 0 Å². The zero-order valence-electron chi connectivity index (χ0n) is 10.8. The van der Waals surface area contributed by atoms with Gasteiger partial charge in [-0.2, -0.15) is 0 Å². The zero-order valence-corrected chi connectivity index (χ0v) is 10.8. The molecular formula is C12H23NO3. The second-order valence-corrected chi connectivity index (χ2v) is 6.25. The molecular weight excluding hydrogens is 206 g/mol. The monoisotopic (exact) mass is 229 g/mol. The maximum Gasteiger partial charge on any atom is 0.224 e. The van der Waals surface area contributed by atoms with Crippen molar-refractivity contribution in [2.45, 2.75) is 40.2 Å². The lowest BCUT2D eigenvalue weighted by atomic mass is 10.0. The lowest BCUT2D eigenvalue weighted by Gasteiger charge is -2.20. The number of carbonyl (C=O) groups excluding carboxylic acids is 1. The Kier molecular flexibility index (Phi) is 3.12. The first kappa shape index (κ1) is 13.5. The summed E-state index contributed by atoms with van der Waals surface area (Å²) in [6.45, 7) is 9.51. The predicted molar refractivity (Wildman–Crippen MR) is 61.8 cm³/mol. The van der Waals surface area contributed by atoms with Crippen LogP contribution >= 0.6 is 0 Å². The van der Waals surface area contributed by atoms with Crippen LogP contribution in [0.3, 0.4) is 0 Å². The van der Waals surface area contributed by atoms with E-state index in [1.165, 1.54) is 6.92 Å². The average Bonchev–Trinajstić information content (AvgIpc) is 2.54. The SMILES string of the molecule is CC(O)(CO)CNC(=O)C1C(C)(C)C1(C)C. The summed E-state index contributed by atoms with van der Waals surface area (Å²) in [5.74, 6) is -0.0572. The summed E-state index contributed by atoms with van der Waals surface area (Å²) in [7, 11) is 0. The van der Waals surface area contributed by atoms with Crippen molar-refractivity contribution in [3.8, 4) is 0 Å². The molecule has 1 rings (SSSR count). The van der Waals surface area contributed by atoms with E-state index in [4.69, 9.17) is 5.11 Å². The van der Waals surface area contributed by atoms with E-state index in [0.717, 1.165) is 0 Å². The van der Waals surface area contributed by atoms with Gasteiger partial charge < -0.3 is 15.5 Å². The minimum absolute atomic E-state index is 0.00214. The van der Waals surface area contributed by atoms with Gasteiger partial charge in [-0.15, -0.1) is 0 Å². The second-order valence-electron chi connectivity index (χ2n) is 6.25. The van der Waals surface area contributed by atoms with Crippen molar-refractivity contribution in [2.24, 2.45) is 16.7 Å². The van der Waals surface area contributed by atoms with Gasteiger partial charge in [-0.3, -0.25) is 4.79 Å². The van der Waals surface area contributed by atoms with Crippen LogP contribution in [-0.4, -0.2) is 34.9 Å². The first-order valence-electron chi connectivity index (χ1n) is 5.67. The molecule has 4 nitrogen and oxygen atoms in total. The van der Waals surface area contributed by atoms with E-state index in [0.29, 0.717) is 0 Å². The van der Waals surface area contributed by atoms with Gasteiger partial charge >= 0.3 is 0 Å². The van der Waals surface area contributed by atoms with Crippen LogP contribution < -0.4 is 5.32 Å². The van der Waals surface area contributed by atoms with Gasteiger partial charge in [0.15, 0.2) is 0 Å². The summed E-state index contributed by atoms with van der Waals surface area (Å²) in [5, 5.41) is 21.1. The van der Waals surface area contributed by atoms with Crippen LogP contribution in [0.1, 0.15) is 34.6 Å². The Morgan fingerprint density at radius 2 is 1.75 bits per heavy atom. The number of carbonyl (C=O) groups is 1. The van der Waals surface area contributed by atoms with Gasteiger partial charge in [-0.25, -0.2) is 0 Å². The van der Waals surface area contributed by atoms with Gasteiger partial charge in [-0.1, -0.05) is 27.7 Å². The van der Waals surface area contributed by atoms with Crippen molar-refractivity contribution in [1.82, 2.24) is 5.32 Å². The molecule has 1 aliphatic rings. The lowest BCUT2D eigenvalue weighted by Crippen LogP contribution is -2.44. The number of amides is 1. The first-order chi connectivity index (χ1) is 7.06. The van der Waals surface area contributed by atoms with Crippen molar-refractivity contribution < 1.29 is 15.0 Å². The molecule has 0 aromatic rings. The minimum Gasteiger partial charge on any atom is -0.393 e. The summed E-state index contributed by atoms with van der Waals surface area (Å²) in [6.07, 6.45) is 0. The quantitative estimate of drug-likeness (QED) is 0.658. The third-order valence-corrected chi connectivity index (χ3v) is 4.27. The highest BCUT2D eigenvalue weighted by atomic mass is 16.3. The van der Waals surface area contributed by atoms with Crippen molar-refractivity contribution in [1.29, 1.82) is 0 Å². The molecule has 0 aromatic heterocycles. The molecule has 16 heavy (non-hydrogen) atoms. The smallest absolute Gasteiger partial charge is 0.224 e. The Labute approximate surface area is 97.0 Å². The molecule has 0 aromatic carbocycles. The molecule has 1 atom stereocenters. The number of hydrogen-bond acceptors (Lipinski definition) is 3. The molecule has 1 saturated carbocycles. The fourth-order valence-corrected chi connectivity index (χ4v) is 2.29. The number of rotatable bonds is 4. The highest BCUT2D eigenvalue weighted by molar-refractivity contribution is 5.84. The topological polar surface area (TPSA) is 69.6 Å². The maximum absolute atomic E-state index is 11.9. The van der Waals surface area contributed by atoms with Crippen molar-refractivity contribution in [2.75, 3.05) is 13.2 Å². The van der Waals surface area contributed by atoms with Crippen LogP contribution in [0.5, 0.6) is 0 Å². The predicted octanol–water partition coefficient (Wildman–Crippen LogP) is 0.528. The standard InChI is InChI=1S/C12H23NO3/c1-10(2)8(11(10,3)4)9(15)13-6-12(5,16)7-14/h8,14,16H,6-7H2,1-5H3,(H,13,15). The highest BCUT2D eigenvalue weighted by Gasteiger charge is 2.68. The normalized spacial score (nSPS) is 25.9. The molecule has 4 heteroatoms. The fourth-order valence-electron chi connectivity index (χ4n) is 2.29. The van der Waals surface area contributed by atoms with Gasteiger partial charge in [0.05, 0.1) is 6.61 Å². The largest absolute Gasteiger partial charge is 0.393 e. The van der Waals surface area contributed by atoms with Crippen LogP contribution in [-0.2, 0) is 4.79 Å². The molecule has 0 aliphatic heterocycles. The van der Waals surface area contributed by atoms with Crippen LogP contribution in [0.2, 0.25) is 0 Å². The summed E-state index contributed by atoms with van der Waals surface area (Å²) >= 11 is 0. The second kappa shape index (κ2) is 3.70. The maximum atomic E-state index is 11.9. The van der Waals surface area contributed by atoms with E-state index in [1.54, 1.807) is 0 Å². The number of aliphatic hydroxyl groups excluding tert-OH is 1. The highest BCUT2D eigenvalue weighted by Crippen LogP contribution is 2.68. The summed E-state index contributed by atoms with van der Waals surface area (Å²) in [4.78, 5) is 11.9. The van der Waals surface area contributed by atoms with E-state index in [1.807, 2.05) is 0 Å². The molecule has 1 amide bonds. The molecule has 1 aliphatic carbocycles. The molecule has 94 valence electrons. The molecule has 3 N–H and O–H groups in total. The summed E-state index contributed by atoms with van der Waals surface area (Å²) < 4.78 is 0. The third kappa shape index (κ3) is 2.09. The molecule has 0 spiro atoms. The van der Waals surface area contributed by atoms with E-state index < -0.39 is 5.60 Å². The van der Waals surface area contributed by atoms with Crippen molar-refractivity contribution >= 4 is 5.91 Å². The van der Waals surface area contributed by atoms with Gasteiger partial charge in [0.2, 0.25) is 5.91 Å². The van der Waals surface area contributed by atoms with Crippen LogP contribution in [0.4, 0.5) is 0 Å². The van der Waals surface area contributed by atoms with E-state index in [-0.39, 0.29) is 35.8 Å². The fraction of sp³-hybridized carbons (Fsp3) is 0.917. The minimum atomic E-state index is -1.24. The molecule has 0 saturated heterocycles. The van der Waals surface area contributed by atoms with Crippen LogP contribution in [0, 0.1) is 16.7 Å². The first-order valence-corrected chi connectivity index (χ1v) is 5.67. The average molecular weight is 229 g/mol. The van der Waals surface area contributed by atoms with Crippen molar-refractivity contribution in [3.05, 3.63) is 0 Å². The molecule has 1 unspecified atom stereocenters. The van der Waals surface area contributed by atoms with E-state index in [9.17, 15) is 9.90 Å². The van der Waals surface area contributed by atoms with E-state index >= 15 is 0 Å². The summed E-state index contributed by atoms with van der Waals surface area (Å²) in [5.41, 5.74) is -1.23. The lowest BCUT2D eigenvalue weighted by molar-refractivity contribution is -0.125. The Morgan fingerprint density at radius 1 is 1.31 bits per heavy atom. The van der Waals surface area contributed by atoms with Gasteiger partial charge in [0, 0.05) is 12.5 Å². The van der Waals surface area contributed by atoms with Crippen LogP contribution in [0.25, 0.3) is 0 Å². The summed E-state index contributed by atoms with van der Waals surface area (Å²) in [6, 6.07) is 0. The number of hydrogen-bond donors (Lipinski definition) is 3. The van der Waals surface area contributed by atoms with Crippen LogP contribution in [0.15, 0.2) is 0 Å². The van der Waals surface area contributed by atoms with E-state index in [2.05, 4.69) is 33.0 Å². The Bertz CT molecular complexity index is 281. The van der Waals surface area contributed by atoms with Gasteiger partial charge in [0.1, 0.15) is 5.60 Å². The molecule has 0 radical (unpaired) electrons. The number of nitrogens with one attached hydrogen (secondary N) is 1. The third-order valence-electron chi connectivity index (χ3n) is 4.27. The Hall–Kier alpha value is -0.610. The zero-order chi connectivity index (χ0) is 12.8. The van der Waals surface area contributed by atoms with Crippen molar-refractivity contribution in [3.63, 3.8) is 0 Å². The van der Waals surface area contributed by atoms with Gasteiger partial charge in [-0.05, 0) is 17.8 Å². The molecule has 1 fully saturated rings. The Morgan fingerprint density at radius 3 is 2.06 bits per heavy atom. The molecule has 0 heterocycles. The Balaban J connectivity index is 2.51. The molecule has 0 bridgehead atoms. The number of aliphatic hydroxyl groups is 2.